The maximum absolute atomic E-state index is 13.6. The zero-order valence-electron chi connectivity index (χ0n) is 14.3. The van der Waals surface area contributed by atoms with E-state index in [0.717, 1.165) is 41.1 Å². The Hall–Kier alpha value is -3.43. The number of aromatic nitrogens is 4. The number of imidazole rings is 1. The van der Waals surface area contributed by atoms with Crippen LogP contribution in [0.5, 0.6) is 0 Å². The molecule has 0 spiro atoms. The van der Waals surface area contributed by atoms with Crippen LogP contribution in [0.3, 0.4) is 0 Å². The molecular weight excluding hydrogens is 398 g/mol. The van der Waals surface area contributed by atoms with Gasteiger partial charge in [0.15, 0.2) is 5.65 Å². The number of alkyl halides is 6. The van der Waals surface area contributed by atoms with Crippen LogP contribution in [0.4, 0.5) is 26.3 Å². The van der Waals surface area contributed by atoms with E-state index in [9.17, 15) is 26.3 Å². The van der Waals surface area contributed by atoms with Crippen molar-refractivity contribution in [3.8, 4) is 22.5 Å². The monoisotopic (exact) mass is 408 g/mol. The van der Waals surface area contributed by atoms with Crippen molar-refractivity contribution < 1.29 is 26.3 Å². The standard InChI is InChI=1S/C19H10F6N4/c20-18(21,22)13-5-3-11(4-6-13)14-8-15(19(23,24)25)29-10-27-16(17(29)28-14)12-2-1-7-26-9-12/h1-10H. The van der Waals surface area contributed by atoms with Crippen LogP contribution < -0.4 is 0 Å². The molecule has 29 heavy (non-hydrogen) atoms. The minimum absolute atomic E-state index is 0.0808. The van der Waals surface area contributed by atoms with E-state index in [1.807, 2.05) is 0 Å². The summed E-state index contributed by atoms with van der Waals surface area (Å²) >= 11 is 0. The molecule has 10 heteroatoms. The lowest BCUT2D eigenvalue weighted by atomic mass is 10.1. The second kappa shape index (κ2) is 6.57. The fourth-order valence-corrected chi connectivity index (χ4v) is 2.87. The predicted molar refractivity (Wildman–Crippen MR) is 91.7 cm³/mol. The van der Waals surface area contributed by atoms with Crippen LogP contribution in [0, 0.1) is 0 Å². The molecule has 3 heterocycles. The van der Waals surface area contributed by atoms with E-state index in [2.05, 4.69) is 15.0 Å². The van der Waals surface area contributed by atoms with Crippen molar-refractivity contribution >= 4 is 5.65 Å². The van der Waals surface area contributed by atoms with Gasteiger partial charge in [-0.15, -0.1) is 0 Å². The lowest BCUT2D eigenvalue weighted by Gasteiger charge is -2.13. The van der Waals surface area contributed by atoms with Gasteiger partial charge in [-0.25, -0.2) is 9.97 Å². The SMILES string of the molecule is FC(F)(F)c1ccc(-c2cc(C(F)(F)F)n3cnc(-c4cccnc4)c3n2)cc1. The van der Waals surface area contributed by atoms with Crippen LogP contribution in [0.2, 0.25) is 0 Å². The Morgan fingerprint density at radius 1 is 0.828 bits per heavy atom. The summed E-state index contributed by atoms with van der Waals surface area (Å²) < 4.78 is 79.9. The van der Waals surface area contributed by atoms with Crippen molar-refractivity contribution in [2.45, 2.75) is 12.4 Å². The molecule has 4 nitrogen and oxygen atoms in total. The molecule has 0 radical (unpaired) electrons. The van der Waals surface area contributed by atoms with Crippen molar-refractivity contribution in [2.24, 2.45) is 0 Å². The first-order chi connectivity index (χ1) is 13.6. The van der Waals surface area contributed by atoms with E-state index in [1.165, 1.54) is 12.4 Å². The number of pyridine rings is 1. The molecule has 0 aliphatic carbocycles. The maximum atomic E-state index is 13.6. The molecule has 0 N–H and O–H groups in total. The first-order valence-corrected chi connectivity index (χ1v) is 8.18. The van der Waals surface area contributed by atoms with Gasteiger partial charge < -0.3 is 0 Å². The number of benzene rings is 1. The first kappa shape index (κ1) is 18.9. The number of rotatable bonds is 2. The molecule has 0 atom stereocenters. The Morgan fingerprint density at radius 3 is 2.14 bits per heavy atom. The molecule has 4 aromatic rings. The van der Waals surface area contributed by atoms with E-state index in [1.54, 1.807) is 12.1 Å². The van der Waals surface area contributed by atoms with Gasteiger partial charge in [-0.1, -0.05) is 12.1 Å². The summed E-state index contributed by atoms with van der Waals surface area (Å²) in [5, 5.41) is 0. The maximum Gasteiger partial charge on any atom is 0.431 e. The lowest BCUT2D eigenvalue weighted by Crippen LogP contribution is -2.12. The fourth-order valence-electron chi connectivity index (χ4n) is 2.87. The van der Waals surface area contributed by atoms with Crippen LogP contribution in [0.15, 0.2) is 61.2 Å². The van der Waals surface area contributed by atoms with Crippen LogP contribution in [0.25, 0.3) is 28.2 Å². The second-order valence-electron chi connectivity index (χ2n) is 6.13. The van der Waals surface area contributed by atoms with E-state index < -0.39 is 23.6 Å². The topological polar surface area (TPSA) is 43.1 Å². The first-order valence-electron chi connectivity index (χ1n) is 8.18. The quantitative estimate of drug-likeness (QED) is 0.412. The Bertz CT molecular complexity index is 1160. The average molecular weight is 408 g/mol. The van der Waals surface area contributed by atoms with E-state index in [0.29, 0.717) is 5.56 Å². The highest BCUT2D eigenvalue weighted by Gasteiger charge is 2.35. The summed E-state index contributed by atoms with van der Waals surface area (Å²) in [7, 11) is 0. The third kappa shape index (κ3) is 3.53. The molecule has 0 bridgehead atoms. The Kier molecular flexibility index (Phi) is 4.29. The Morgan fingerprint density at radius 2 is 1.55 bits per heavy atom. The smallest absolute Gasteiger partial charge is 0.278 e. The molecule has 0 aliphatic heterocycles. The van der Waals surface area contributed by atoms with Gasteiger partial charge >= 0.3 is 12.4 Å². The number of hydrogen-bond donors (Lipinski definition) is 0. The molecule has 0 saturated carbocycles. The minimum Gasteiger partial charge on any atom is -0.278 e. The Balaban J connectivity index is 1.93. The number of fused-ring (bicyclic) bond motifs is 1. The van der Waals surface area contributed by atoms with Crippen molar-refractivity contribution in [1.82, 2.24) is 19.4 Å². The lowest BCUT2D eigenvalue weighted by molar-refractivity contribution is -0.142. The predicted octanol–water partition coefficient (Wildman–Crippen LogP) is 5.50. The summed E-state index contributed by atoms with van der Waals surface area (Å²) in [6.45, 7) is 0. The van der Waals surface area contributed by atoms with Gasteiger partial charge in [0.25, 0.3) is 0 Å². The van der Waals surface area contributed by atoms with E-state index >= 15 is 0 Å². The van der Waals surface area contributed by atoms with Gasteiger partial charge in [-0.3, -0.25) is 9.38 Å². The molecule has 0 unspecified atom stereocenters. The van der Waals surface area contributed by atoms with Crippen LogP contribution >= 0.6 is 0 Å². The molecule has 0 fully saturated rings. The zero-order chi connectivity index (χ0) is 20.8. The van der Waals surface area contributed by atoms with Crippen LogP contribution in [0.1, 0.15) is 11.3 Å². The Labute approximate surface area is 159 Å². The third-order valence-electron chi connectivity index (χ3n) is 4.24. The second-order valence-corrected chi connectivity index (χ2v) is 6.13. The highest BCUT2D eigenvalue weighted by Crippen LogP contribution is 2.35. The van der Waals surface area contributed by atoms with Gasteiger partial charge in [0, 0.05) is 23.5 Å². The summed E-state index contributed by atoms with van der Waals surface area (Å²) in [6, 6.07) is 7.77. The number of nitrogens with zero attached hydrogens (tertiary/aromatic N) is 4. The number of halogens is 6. The minimum atomic E-state index is -4.73. The van der Waals surface area contributed by atoms with E-state index in [4.69, 9.17) is 0 Å². The molecule has 4 rings (SSSR count). The van der Waals surface area contributed by atoms with Crippen molar-refractivity contribution in [3.05, 3.63) is 72.4 Å². The summed E-state index contributed by atoms with van der Waals surface area (Å²) in [5.74, 6) is 0. The van der Waals surface area contributed by atoms with Crippen molar-refractivity contribution in [2.75, 3.05) is 0 Å². The van der Waals surface area contributed by atoms with Gasteiger partial charge in [0.05, 0.1) is 11.3 Å². The third-order valence-corrected chi connectivity index (χ3v) is 4.24. The van der Waals surface area contributed by atoms with Crippen LogP contribution in [-0.2, 0) is 12.4 Å². The van der Waals surface area contributed by atoms with Crippen LogP contribution in [-0.4, -0.2) is 19.4 Å². The molecule has 3 aromatic heterocycles. The van der Waals surface area contributed by atoms with Crippen molar-refractivity contribution in [1.29, 1.82) is 0 Å². The zero-order valence-corrected chi connectivity index (χ0v) is 14.3. The van der Waals surface area contributed by atoms with E-state index in [-0.39, 0.29) is 22.6 Å². The highest BCUT2D eigenvalue weighted by molar-refractivity contribution is 5.76. The molecule has 0 aliphatic rings. The summed E-state index contributed by atoms with van der Waals surface area (Å²) in [6.07, 6.45) is -5.34. The van der Waals surface area contributed by atoms with Gasteiger partial charge in [-0.05, 0) is 30.3 Å². The number of hydrogen-bond acceptors (Lipinski definition) is 3. The fraction of sp³-hybridized carbons (Fsp3) is 0.105. The molecular formula is C19H10F6N4. The summed E-state index contributed by atoms with van der Waals surface area (Å²) in [4.78, 5) is 12.2. The molecule has 1 aromatic carbocycles. The highest BCUT2D eigenvalue weighted by atomic mass is 19.4. The molecule has 148 valence electrons. The largest absolute Gasteiger partial charge is 0.431 e. The molecule has 0 amide bonds. The normalized spacial score (nSPS) is 12.5. The molecule has 0 saturated heterocycles. The van der Waals surface area contributed by atoms with Gasteiger partial charge in [-0.2, -0.15) is 26.3 Å². The van der Waals surface area contributed by atoms with Gasteiger partial charge in [0.2, 0.25) is 0 Å². The van der Waals surface area contributed by atoms with Crippen molar-refractivity contribution in [3.63, 3.8) is 0 Å². The summed E-state index contributed by atoms with van der Waals surface area (Å²) in [5.41, 5.74) is -1.40. The van der Waals surface area contributed by atoms with Gasteiger partial charge in [0.1, 0.15) is 17.7 Å². The average Bonchev–Trinajstić information content (AvgIpc) is 3.10.